The van der Waals surface area contributed by atoms with Crippen LogP contribution in [0.15, 0.2) is 30.3 Å². The molecule has 0 aromatic heterocycles. The van der Waals surface area contributed by atoms with E-state index in [0.29, 0.717) is 13.1 Å². The number of hydrogen-bond donors (Lipinski definition) is 1. The predicted molar refractivity (Wildman–Crippen MR) is 65.7 cm³/mol. The van der Waals surface area contributed by atoms with Gasteiger partial charge >= 0.3 is 0 Å². The first kappa shape index (κ1) is 11.9. The Hall–Kier alpha value is -1.55. The Kier molecular flexibility index (Phi) is 3.33. The highest BCUT2D eigenvalue weighted by Gasteiger charge is 2.40. The smallest absolute Gasteiger partial charge is 0.260 e. The zero-order valence-electron chi connectivity index (χ0n) is 10.1. The van der Waals surface area contributed by atoms with Crippen LogP contribution in [0.2, 0.25) is 0 Å². The second kappa shape index (κ2) is 4.75. The second-order valence-electron chi connectivity index (χ2n) is 4.57. The summed E-state index contributed by atoms with van der Waals surface area (Å²) in [4.78, 5) is 13.5. The quantitative estimate of drug-likeness (QED) is 0.846. The fraction of sp³-hybridized carbons (Fsp3) is 0.462. The molecule has 1 aromatic rings. The lowest BCUT2D eigenvalue weighted by atomic mass is 9.88. The zero-order valence-corrected chi connectivity index (χ0v) is 10.1. The lowest BCUT2D eigenvalue weighted by molar-refractivity contribution is -0.140. The Balaban J connectivity index is 1.76. The molecule has 2 N–H and O–H groups in total. The van der Waals surface area contributed by atoms with Gasteiger partial charge in [-0.15, -0.1) is 0 Å². The molecule has 4 nitrogen and oxygen atoms in total. The number of benzene rings is 1. The van der Waals surface area contributed by atoms with Crippen molar-refractivity contribution in [3.63, 3.8) is 0 Å². The van der Waals surface area contributed by atoms with Crippen molar-refractivity contribution in [2.24, 2.45) is 5.73 Å². The maximum atomic E-state index is 11.7. The van der Waals surface area contributed by atoms with Gasteiger partial charge in [-0.3, -0.25) is 4.79 Å². The van der Waals surface area contributed by atoms with E-state index < -0.39 is 0 Å². The van der Waals surface area contributed by atoms with E-state index in [1.165, 1.54) is 0 Å². The molecule has 17 heavy (non-hydrogen) atoms. The molecule has 0 radical (unpaired) electrons. The van der Waals surface area contributed by atoms with Gasteiger partial charge in [0.25, 0.3) is 5.91 Å². The van der Waals surface area contributed by atoms with E-state index in [1.807, 2.05) is 37.3 Å². The molecule has 4 heteroatoms. The van der Waals surface area contributed by atoms with Gasteiger partial charge in [0, 0.05) is 13.1 Å². The van der Waals surface area contributed by atoms with Gasteiger partial charge in [-0.1, -0.05) is 25.1 Å². The van der Waals surface area contributed by atoms with E-state index in [1.54, 1.807) is 4.90 Å². The minimum atomic E-state index is -0.178. The summed E-state index contributed by atoms with van der Waals surface area (Å²) < 4.78 is 5.39. The first-order valence-electron chi connectivity index (χ1n) is 5.87. The summed E-state index contributed by atoms with van der Waals surface area (Å²) in [5.74, 6) is 0.722. The average Bonchev–Trinajstić information content (AvgIpc) is 2.33. The fourth-order valence-electron chi connectivity index (χ4n) is 1.87. The summed E-state index contributed by atoms with van der Waals surface area (Å²) in [6.45, 7) is 3.41. The monoisotopic (exact) mass is 234 g/mol. The molecule has 1 fully saturated rings. The van der Waals surface area contributed by atoms with Gasteiger partial charge < -0.3 is 15.4 Å². The van der Waals surface area contributed by atoms with Crippen molar-refractivity contribution >= 4 is 5.91 Å². The molecule has 1 aliphatic rings. The Morgan fingerprint density at radius 2 is 2.06 bits per heavy atom. The van der Waals surface area contributed by atoms with Crippen molar-refractivity contribution < 1.29 is 9.53 Å². The molecule has 1 aliphatic heterocycles. The van der Waals surface area contributed by atoms with E-state index in [0.717, 1.165) is 12.2 Å². The van der Waals surface area contributed by atoms with Gasteiger partial charge in [0.1, 0.15) is 5.75 Å². The van der Waals surface area contributed by atoms with Gasteiger partial charge in [-0.05, 0) is 18.6 Å². The van der Waals surface area contributed by atoms with Gasteiger partial charge in [0.05, 0.1) is 5.54 Å². The van der Waals surface area contributed by atoms with Crippen LogP contribution in [-0.4, -0.2) is 36.0 Å². The normalized spacial score (nSPS) is 17.4. The third kappa shape index (κ3) is 2.77. The molecule has 2 rings (SSSR count). The van der Waals surface area contributed by atoms with E-state index >= 15 is 0 Å². The molecule has 1 amide bonds. The van der Waals surface area contributed by atoms with Gasteiger partial charge in [0.15, 0.2) is 6.61 Å². The molecule has 0 aliphatic carbocycles. The van der Waals surface area contributed by atoms with Crippen LogP contribution in [0.25, 0.3) is 0 Å². The largest absolute Gasteiger partial charge is 0.484 e. The highest BCUT2D eigenvalue weighted by atomic mass is 16.5. The van der Waals surface area contributed by atoms with Gasteiger partial charge in [-0.2, -0.15) is 0 Å². The van der Waals surface area contributed by atoms with Crippen LogP contribution < -0.4 is 10.5 Å². The number of nitrogens with zero attached hydrogens (tertiary/aromatic N) is 1. The zero-order chi connectivity index (χ0) is 12.3. The summed E-state index contributed by atoms with van der Waals surface area (Å²) in [5, 5.41) is 0. The minimum absolute atomic E-state index is 0.00313. The van der Waals surface area contributed by atoms with E-state index in [2.05, 4.69) is 0 Å². The first-order valence-corrected chi connectivity index (χ1v) is 5.87. The number of likely N-dealkylation sites (tertiary alicyclic amines) is 1. The van der Waals surface area contributed by atoms with Crippen LogP contribution in [0.5, 0.6) is 5.75 Å². The molecule has 0 bridgehead atoms. The van der Waals surface area contributed by atoms with Crippen molar-refractivity contribution in [3.05, 3.63) is 30.3 Å². The Morgan fingerprint density at radius 1 is 1.41 bits per heavy atom. The van der Waals surface area contributed by atoms with Crippen LogP contribution in [0.4, 0.5) is 0 Å². The van der Waals surface area contributed by atoms with Crippen molar-refractivity contribution in [2.45, 2.75) is 18.9 Å². The molecule has 0 unspecified atom stereocenters. The van der Waals surface area contributed by atoms with Crippen molar-refractivity contribution in [1.29, 1.82) is 0 Å². The summed E-state index contributed by atoms with van der Waals surface area (Å²) in [6, 6.07) is 9.34. The molecule has 0 atom stereocenters. The van der Waals surface area contributed by atoms with E-state index in [9.17, 15) is 4.79 Å². The molecular weight excluding hydrogens is 216 g/mol. The third-order valence-corrected chi connectivity index (χ3v) is 3.17. The van der Waals surface area contributed by atoms with Crippen molar-refractivity contribution in [3.8, 4) is 5.75 Å². The molecule has 1 aromatic carbocycles. The van der Waals surface area contributed by atoms with Crippen molar-refractivity contribution in [1.82, 2.24) is 4.90 Å². The fourth-order valence-corrected chi connectivity index (χ4v) is 1.87. The van der Waals surface area contributed by atoms with Crippen LogP contribution in [-0.2, 0) is 4.79 Å². The topological polar surface area (TPSA) is 55.6 Å². The lowest BCUT2D eigenvalue weighted by Crippen LogP contribution is -2.68. The number of nitrogens with two attached hydrogens (primary N) is 1. The summed E-state index contributed by atoms with van der Waals surface area (Å²) >= 11 is 0. The maximum absolute atomic E-state index is 11.7. The van der Waals surface area contributed by atoms with Gasteiger partial charge in [-0.25, -0.2) is 0 Å². The predicted octanol–water partition coefficient (Wildman–Crippen LogP) is 1.02. The number of carbonyl (C=O) groups excluding carboxylic acids is 1. The Labute approximate surface area is 101 Å². The van der Waals surface area contributed by atoms with Gasteiger partial charge in [0.2, 0.25) is 0 Å². The molecule has 1 heterocycles. The number of rotatable bonds is 4. The van der Waals surface area contributed by atoms with Crippen LogP contribution in [0, 0.1) is 0 Å². The average molecular weight is 234 g/mol. The maximum Gasteiger partial charge on any atom is 0.260 e. The lowest BCUT2D eigenvalue weighted by Gasteiger charge is -2.47. The van der Waals surface area contributed by atoms with E-state index in [-0.39, 0.29) is 18.1 Å². The second-order valence-corrected chi connectivity index (χ2v) is 4.57. The number of carbonyl (C=O) groups is 1. The summed E-state index contributed by atoms with van der Waals surface area (Å²) in [6.07, 6.45) is 0.899. The molecular formula is C13H18N2O2. The SMILES string of the molecule is CCC1(N)CN(C(=O)COc2ccccc2)C1. The molecule has 0 spiro atoms. The third-order valence-electron chi connectivity index (χ3n) is 3.17. The standard InChI is InChI=1S/C13H18N2O2/c1-2-13(14)9-15(10-13)12(16)8-17-11-6-4-3-5-7-11/h3-7H,2,8-10,14H2,1H3. The Morgan fingerprint density at radius 3 is 2.65 bits per heavy atom. The highest BCUT2D eigenvalue weighted by Crippen LogP contribution is 2.21. The van der Waals surface area contributed by atoms with Crippen LogP contribution in [0.3, 0.4) is 0 Å². The highest BCUT2D eigenvalue weighted by molar-refractivity contribution is 5.79. The number of ether oxygens (including phenoxy) is 1. The van der Waals surface area contributed by atoms with Crippen LogP contribution >= 0.6 is 0 Å². The number of hydrogen-bond acceptors (Lipinski definition) is 3. The number of amides is 1. The first-order chi connectivity index (χ1) is 8.13. The number of para-hydroxylation sites is 1. The van der Waals surface area contributed by atoms with E-state index in [4.69, 9.17) is 10.5 Å². The Bertz CT molecular complexity index is 386. The molecule has 92 valence electrons. The summed E-state index contributed by atoms with van der Waals surface area (Å²) in [5.41, 5.74) is 5.82. The molecule has 1 saturated heterocycles. The van der Waals surface area contributed by atoms with Crippen molar-refractivity contribution in [2.75, 3.05) is 19.7 Å². The molecule has 0 saturated carbocycles. The van der Waals surface area contributed by atoms with Crippen LogP contribution in [0.1, 0.15) is 13.3 Å². The summed E-state index contributed by atoms with van der Waals surface area (Å²) in [7, 11) is 0. The minimum Gasteiger partial charge on any atom is -0.484 e.